The van der Waals surface area contributed by atoms with E-state index in [1.807, 2.05) is 25.1 Å². The number of carbonyl (C=O) groups is 1. The van der Waals surface area contributed by atoms with Crippen LogP contribution in [-0.4, -0.2) is 22.4 Å². The normalized spacial score (nSPS) is 10.2. The second kappa shape index (κ2) is 5.54. The number of nitrogens with one attached hydrogen (secondary N) is 1. The van der Waals surface area contributed by atoms with E-state index in [1.54, 1.807) is 11.6 Å². The van der Waals surface area contributed by atoms with Crippen molar-refractivity contribution in [3.63, 3.8) is 0 Å². The molecule has 2 heterocycles. The third-order valence-corrected chi connectivity index (χ3v) is 3.02. The average Bonchev–Trinajstić information content (AvgIpc) is 2.77. The summed E-state index contributed by atoms with van der Waals surface area (Å²) in [6.07, 6.45) is 2.48. The van der Waals surface area contributed by atoms with E-state index in [2.05, 4.69) is 15.3 Å². The molecule has 0 aliphatic carbocycles. The van der Waals surface area contributed by atoms with Crippen LogP contribution in [0.5, 0.6) is 0 Å². The lowest BCUT2D eigenvalue weighted by molar-refractivity contribution is 0.0949. The zero-order chi connectivity index (χ0) is 12.1. The number of rotatable bonds is 4. The fourth-order valence-electron chi connectivity index (χ4n) is 1.41. The van der Waals surface area contributed by atoms with Crippen molar-refractivity contribution in [2.45, 2.75) is 13.3 Å². The third kappa shape index (κ3) is 3.35. The molecule has 0 aliphatic heterocycles. The highest BCUT2D eigenvalue weighted by molar-refractivity contribution is 7.09. The van der Waals surface area contributed by atoms with Gasteiger partial charge in [0.1, 0.15) is 5.69 Å². The Labute approximate surface area is 104 Å². The summed E-state index contributed by atoms with van der Waals surface area (Å²) in [6, 6.07) is 5.76. The topological polar surface area (TPSA) is 54.9 Å². The summed E-state index contributed by atoms with van der Waals surface area (Å²) in [5.41, 5.74) is 1.47. The van der Waals surface area contributed by atoms with Crippen LogP contribution in [0.15, 0.2) is 29.8 Å². The number of carbonyl (C=O) groups excluding carboxylic acids is 1. The Balaban J connectivity index is 1.81. The number of amides is 1. The molecular formula is C12H13N3OS. The van der Waals surface area contributed by atoms with Crippen molar-refractivity contribution in [3.05, 3.63) is 46.2 Å². The monoisotopic (exact) mass is 247 g/mol. The molecule has 0 saturated heterocycles. The van der Waals surface area contributed by atoms with Gasteiger partial charge in [0.05, 0.1) is 5.01 Å². The molecule has 4 nitrogen and oxygen atoms in total. The van der Waals surface area contributed by atoms with E-state index in [-0.39, 0.29) is 5.91 Å². The first-order valence-electron chi connectivity index (χ1n) is 5.36. The summed E-state index contributed by atoms with van der Waals surface area (Å²) < 4.78 is 0. The number of aromatic nitrogens is 2. The Morgan fingerprint density at radius 1 is 1.47 bits per heavy atom. The molecule has 5 heteroatoms. The number of thiazole rings is 1. The number of hydrogen-bond donors (Lipinski definition) is 1. The minimum absolute atomic E-state index is 0.120. The smallest absolute Gasteiger partial charge is 0.270 e. The van der Waals surface area contributed by atoms with E-state index in [9.17, 15) is 4.79 Å². The molecule has 0 aliphatic rings. The molecule has 0 spiro atoms. The van der Waals surface area contributed by atoms with E-state index in [4.69, 9.17) is 0 Å². The molecule has 1 amide bonds. The van der Waals surface area contributed by atoms with Gasteiger partial charge >= 0.3 is 0 Å². The Hall–Kier alpha value is -1.75. The van der Waals surface area contributed by atoms with Gasteiger partial charge in [-0.15, -0.1) is 11.3 Å². The minimum Gasteiger partial charge on any atom is -0.350 e. The summed E-state index contributed by atoms with van der Waals surface area (Å²) in [4.78, 5) is 20.0. The molecule has 0 saturated carbocycles. The predicted octanol–water partition coefficient (Wildman–Crippen LogP) is 1.82. The molecule has 0 radical (unpaired) electrons. The first-order chi connectivity index (χ1) is 8.25. The Morgan fingerprint density at radius 3 is 3.00 bits per heavy atom. The van der Waals surface area contributed by atoms with Crippen molar-refractivity contribution in [1.29, 1.82) is 0 Å². The maximum Gasteiger partial charge on any atom is 0.270 e. The van der Waals surface area contributed by atoms with E-state index in [0.717, 1.165) is 17.1 Å². The zero-order valence-electron chi connectivity index (χ0n) is 9.51. The first-order valence-corrected chi connectivity index (χ1v) is 6.24. The highest BCUT2D eigenvalue weighted by Gasteiger charge is 2.08. The molecule has 0 atom stereocenters. The molecule has 88 valence electrons. The van der Waals surface area contributed by atoms with Crippen LogP contribution in [0.2, 0.25) is 0 Å². The number of aryl methyl sites for hydroxylation is 1. The van der Waals surface area contributed by atoms with E-state index >= 15 is 0 Å². The van der Waals surface area contributed by atoms with Gasteiger partial charge in [0.15, 0.2) is 0 Å². The van der Waals surface area contributed by atoms with Gasteiger partial charge in [-0.2, -0.15) is 0 Å². The van der Waals surface area contributed by atoms with Gasteiger partial charge in [-0.3, -0.25) is 9.78 Å². The van der Waals surface area contributed by atoms with Crippen LogP contribution in [0.25, 0.3) is 0 Å². The van der Waals surface area contributed by atoms with Crippen molar-refractivity contribution in [2.24, 2.45) is 0 Å². The lowest BCUT2D eigenvalue weighted by Gasteiger charge is -2.02. The van der Waals surface area contributed by atoms with Crippen molar-refractivity contribution >= 4 is 17.2 Å². The Bertz CT molecular complexity index is 495. The van der Waals surface area contributed by atoms with Crippen LogP contribution >= 0.6 is 11.3 Å². The second-order valence-electron chi connectivity index (χ2n) is 3.58. The molecule has 0 aromatic carbocycles. The van der Waals surface area contributed by atoms with Gasteiger partial charge in [0, 0.05) is 30.2 Å². The lowest BCUT2D eigenvalue weighted by atomic mass is 10.2. The SMILES string of the molecule is Cc1nc(C(=O)NCCc2ccccn2)cs1. The highest BCUT2D eigenvalue weighted by Crippen LogP contribution is 2.07. The third-order valence-electron chi connectivity index (χ3n) is 2.24. The van der Waals surface area contributed by atoms with Gasteiger partial charge in [0.2, 0.25) is 0 Å². The maximum atomic E-state index is 11.7. The fraction of sp³-hybridized carbons (Fsp3) is 0.250. The van der Waals surface area contributed by atoms with E-state index in [1.165, 1.54) is 11.3 Å². The number of nitrogens with zero attached hydrogens (tertiary/aromatic N) is 2. The van der Waals surface area contributed by atoms with Crippen molar-refractivity contribution in [2.75, 3.05) is 6.54 Å². The molecular weight excluding hydrogens is 234 g/mol. The van der Waals surface area contributed by atoms with Crippen LogP contribution in [0.3, 0.4) is 0 Å². The minimum atomic E-state index is -0.120. The predicted molar refractivity (Wildman–Crippen MR) is 67.1 cm³/mol. The molecule has 0 bridgehead atoms. The average molecular weight is 247 g/mol. The maximum absolute atomic E-state index is 11.7. The first kappa shape index (κ1) is 11.7. The van der Waals surface area contributed by atoms with Gasteiger partial charge in [-0.05, 0) is 19.1 Å². The van der Waals surface area contributed by atoms with Gasteiger partial charge in [-0.1, -0.05) is 6.07 Å². The number of hydrogen-bond acceptors (Lipinski definition) is 4. The molecule has 2 rings (SSSR count). The second-order valence-corrected chi connectivity index (χ2v) is 4.64. The number of pyridine rings is 1. The molecule has 2 aromatic heterocycles. The van der Waals surface area contributed by atoms with Crippen molar-refractivity contribution in [1.82, 2.24) is 15.3 Å². The summed E-state index contributed by atoms with van der Waals surface area (Å²) in [5.74, 6) is -0.120. The fourth-order valence-corrected chi connectivity index (χ4v) is 2.00. The standard InChI is InChI=1S/C12H13N3OS/c1-9-15-11(8-17-9)12(16)14-7-5-10-4-2-3-6-13-10/h2-4,6,8H,5,7H2,1H3,(H,14,16). The molecule has 17 heavy (non-hydrogen) atoms. The Kier molecular flexibility index (Phi) is 3.82. The lowest BCUT2D eigenvalue weighted by Crippen LogP contribution is -2.26. The van der Waals surface area contributed by atoms with Gasteiger partial charge < -0.3 is 5.32 Å². The van der Waals surface area contributed by atoms with Crippen LogP contribution in [0.4, 0.5) is 0 Å². The van der Waals surface area contributed by atoms with Crippen LogP contribution in [-0.2, 0) is 6.42 Å². The summed E-state index contributed by atoms with van der Waals surface area (Å²) in [6.45, 7) is 2.46. The molecule has 1 N–H and O–H groups in total. The Morgan fingerprint density at radius 2 is 2.35 bits per heavy atom. The van der Waals surface area contributed by atoms with Gasteiger partial charge in [0.25, 0.3) is 5.91 Å². The summed E-state index contributed by atoms with van der Waals surface area (Å²) >= 11 is 1.48. The summed E-state index contributed by atoms with van der Waals surface area (Å²) in [5, 5.41) is 5.50. The van der Waals surface area contributed by atoms with Gasteiger partial charge in [-0.25, -0.2) is 4.98 Å². The molecule has 2 aromatic rings. The van der Waals surface area contributed by atoms with Crippen LogP contribution in [0.1, 0.15) is 21.2 Å². The van der Waals surface area contributed by atoms with E-state index in [0.29, 0.717) is 12.2 Å². The quantitative estimate of drug-likeness (QED) is 0.896. The zero-order valence-corrected chi connectivity index (χ0v) is 10.3. The van der Waals surface area contributed by atoms with Crippen LogP contribution < -0.4 is 5.32 Å². The molecule has 0 unspecified atom stereocenters. The van der Waals surface area contributed by atoms with Crippen molar-refractivity contribution < 1.29 is 4.79 Å². The van der Waals surface area contributed by atoms with Crippen LogP contribution in [0, 0.1) is 6.92 Å². The highest BCUT2D eigenvalue weighted by atomic mass is 32.1. The largest absolute Gasteiger partial charge is 0.350 e. The summed E-state index contributed by atoms with van der Waals surface area (Å²) in [7, 11) is 0. The molecule has 0 fully saturated rings. The van der Waals surface area contributed by atoms with Crippen molar-refractivity contribution in [3.8, 4) is 0 Å². The van der Waals surface area contributed by atoms with E-state index < -0.39 is 0 Å².